The van der Waals surface area contributed by atoms with Gasteiger partial charge in [-0.2, -0.15) is 0 Å². The van der Waals surface area contributed by atoms with Gasteiger partial charge in [-0.15, -0.1) is 10.2 Å². The number of fused-ring (bicyclic) bond motifs is 1. The maximum atomic E-state index is 14.4. The quantitative estimate of drug-likeness (QED) is 0.844. The molecule has 2 atom stereocenters. The van der Waals surface area contributed by atoms with Gasteiger partial charge in [-0.1, -0.05) is 19.3 Å². The van der Waals surface area contributed by atoms with Crippen LogP contribution >= 0.6 is 0 Å². The fraction of sp³-hybridized carbons (Fsp3) is 0.571. The number of benzene rings is 1. The number of amides is 1. The van der Waals surface area contributed by atoms with Crippen molar-refractivity contribution in [3.8, 4) is 11.4 Å². The Kier molecular flexibility index (Phi) is 5.19. The van der Waals surface area contributed by atoms with Crippen molar-refractivity contribution >= 4 is 11.6 Å². The molecule has 1 aliphatic carbocycles. The summed E-state index contributed by atoms with van der Waals surface area (Å²) in [6, 6.07) is 4.73. The van der Waals surface area contributed by atoms with Crippen LogP contribution in [-0.4, -0.2) is 26.2 Å². The van der Waals surface area contributed by atoms with Gasteiger partial charge in [0.1, 0.15) is 11.6 Å². The van der Waals surface area contributed by atoms with Gasteiger partial charge in [0.2, 0.25) is 5.91 Å². The van der Waals surface area contributed by atoms with E-state index in [0.29, 0.717) is 0 Å². The summed E-state index contributed by atoms with van der Waals surface area (Å²) in [6.45, 7) is 2.78. The van der Waals surface area contributed by atoms with E-state index < -0.39 is 11.4 Å². The lowest BCUT2D eigenvalue weighted by Crippen LogP contribution is -2.51. The first-order valence-corrected chi connectivity index (χ1v) is 10.3. The molecule has 3 N–H and O–H groups in total. The molecule has 150 valence electrons. The topological polar surface area (TPSA) is 85.8 Å². The average molecular weight is 385 g/mol. The summed E-state index contributed by atoms with van der Waals surface area (Å²) in [5.74, 6) is 0.731. The zero-order valence-electron chi connectivity index (χ0n) is 16.4. The molecule has 28 heavy (non-hydrogen) atoms. The molecule has 1 aromatic heterocycles. The fourth-order valence-corrected chi connectivity index (χ4v) is 4.47. The highest BCUT2D eigenvalue weighted by molar-refractivity contribution is 5.94. The van der Waals surface area contributed by atoms with Crippen molar-refractivity contribution in [2.75, 3.05) is 5.32 Å². The van der Waals surface area contributed by atoms with Crippen LogP contribution < -0.4 is 11.1 Å². The van der Waals surface area contributed by atoms with Gasteiger partial charge in [0, 0.05) is 24.1 Å². The van der Waals surface area contributed by atoms with E-state index in [0.717, 1.165) is 68.7 Å². The summed E-state index contributed by atoms with van der Waals surface area (Å²) in [5.41, 5.74) is 6.72. The number of carbonyl (C=O) groups excluding carboxylic acids is 1. The number of rotatable bonds is 3. The molecular weight excluding hydrogens is 357 g/mol. The third-order valence-electron chi connectivity index (χ3n) is 6.16. The van der Waals surface area contributed by atoms with Crippen LogP contribution in [-0.2, 0) is 17.8 Å². The van der Waals surface area contributed by atoms with Crippen LogP contribution in [0.3, 0.4) is 0 Å². The van der Waals surface area contributed by atoms with Crippen molar-refractivity contribution in [1.29, 1.82) is 0 Å². The fourth-order valence-electron chi connectivity index (χ4n) is 4.47. The van der Waals surface area contributed by atoms with Crippen molar-refractivity contribution < 1.29 is 9.18 Å². The number of nitrogens with one attached hydrogen (secondary N) is 1. The molecule has 2 aliphatic rings. The minimum absolute atomic E-state index is 0.176. The minimum atomic E-state index is -0.555. The Labute approximate surface area is 164 Å². The van der Waals surface area contributed by atoms with Gasteiger partial charge >= 0.3 is 0 Å². The number of halogens is 1. The van der Waals surface area contributed by atoms with Gasteiger partial charge in [-0.25, -0.2) is 4.39 Å². The monoisotopic (exact) mass is 385 g/mol. The molecular formula is C21H28FN5O. The number of carbonyl (C=O) groups is 1. The van der Waals surface area contributed by atoms with Gasteiger partial charge in [0.25, 0.3) is 0 Å². The normalized spacial score (nSPS) is 25.0. The van der Waals surface area contributed by atoms with Crippen LogP contribution in [0, 0.1) is 11.7 Å². The Morgan fingerprint density at radius 1 is 1.25 bits per heavy atom. The molecule has 1 aromatic carbocycles. The molecule has 7 heteroatoms. The second-order valence-electron chi connectivity index (χ2n) is 8.39. The number of nitrogens with zero attached hydrogens (tertiary/aromatic N) is 3. The smallest absolute Gasteiger partial charge is 0.229 e. The zero-order valence-corrected chi connectivity index (χ0v) is 16.4. The minimum Gasteiger partial charge on any atom is -0.325 e. The summed E-state index contributed by atoms with van der Waals surface area (Å²) < 4.78 is 16.6. The Hall–Kier alpha value is -2.28. The van der Waals surface area contributed by atoms with E-state index in [-0.39, 0.29) is 17.5 Å². The summed E-state index contributed by atoms with van der Waals surface area (Å²) in [7, 11) is 0. The maximum absolute atomic E-state index is 14.4. The largest absolute Gasteiger partial charge is 0.325 e. The van der Waals surface area contributed by atoms with E-state index >= 15 is 0 Å². The molecule has 0 bridgehead atoms. The summed E-state index contributed by atoms with van der Waals surface area (Å²) >= 11 is 0. The highest BCUT2D eigenvalue weighted by Crippen LogP contribution is 2.33. The number of hydrogen-bond donors (Lipinski definition) is 2. The molecule has 2 aromatic rings. The van der Waals surface area contributed by atoms with E-state index in [4.69, 9.17) is 5.73 Å². The first-order chi connectivity index (χ1) is 13.5. The Bertz CT molecular complexity index is 876. The van der Waals surface area contributed by atoms with Gasteiger partial charge in [0.15, 0.2) is 5.82 Å². The van der Waals surface area contributed by atoms with Crippen LogP contribution in [0.4, 0.5) is 10.1 Å². The molecule has 1 aliphatic heterocycles. The molecule has 6 nitrogen and oxygen atoms in total. The molecule has 0 saturated heterocycles. The van der Waals surface area contributed by atoms with E-state index in [1.807, 2.05) is 6.92 Å². The summed E-state index contributed by atoms with van der Waals surface area (Å²) in [4.78, 5) is 12.8. The number of aryl methyl sites for hydroxylation is 1. The van der Waals surface area contributed by atoms with Gasteiger partial charge in [-0.3, -0.25) is 4.79 Å². The highest BCUT2D eigenvalue weighted by atomic mass is 19.1. The predicted octanol–water partition coefficient (Wildman–Crippen LogP) is 3.66. The Balaban J connectivity index is 1.60. The van der Waals surface area contributed by atoms with Crippen LogP contribution in [0.1, 0.15) is 57.7 Å². The number of aromatic nitrogens is 3. The molecule has 2 unspecified atom stereocenters. The standard InChI is InChI=1S/C21H28FN5O/c1-21(23)11-5-4-7-15(21)20(28)24-17-13-14(9-10-16(17)22)19-26-25-18-8-3-2-6-12-27(18)19/h9-10,13,15H,2-8,11-12,23H2,1H3,(H,24,28). The third kappa shape index (κ3) is 3.68. The number of hydrogen-bond acceptors (Lipinski definition) is 4. The van der Waals surface area contributed by atoms with E-state index in [1.54, 1.807) is 12.1 Å². The molecule has 2 heterocycles. The van der Waals surface area contributed by atoms with Gasteiger partial charge < -0.3 is 15.6 Å². The van der Waals surface area contributed by atoms with Gasteiger partial charge in [-0.05, 0) is 50.8 Å². The number of anilines is 1. The predicted molar refractivity (Wildman–Crippen MR) is 106 cm³/mol. The summed E-state index contributed by atoms with van der Waals surface area (Å²) in [5, 5.41) is 11.4. The first-order valence-electron chi connectivity index (χ1n) is 10.3. The van der Waals surface area contributed by atoms with Crippen molar-refractivity contribution in [2.45, 2.75) is 70.4 Å². The van der Waals surface area contributed by atoms with Crippen molar-refractivity contribution in [2.24, 2.45) is 11.7 Å². The lowest BCUT2D eigenvalue weighted by Gasteiger charge is -2.37. The second-order valence-corrected chi connectivity index (χ2v) is 8.39. The van der Waals surface area contributed by atoms with Crippen molar-refractivity contribution in [3.63, 3.8) is 0 Å². The molecule has 4 rings (SSSR count). The summed E-state index contributed by atoms with van der Waals surface area (Å²) in [6.07, 6.45) is 7.82. The Morgan fingerprint density at radius 2 is 2.11 bits per heavy atom. The maximum Gasteiger partial charge on any atom is 0.229 e. The van der Waals surface area contributed by atoms with Crippen molar-refractivity contribution in [1.82, 2.24) is 14.8 Å². The third-order valence-corrected chi connectivity index (χ3v) is 6.16. The zero-order chi connectivity index (χ0) is 19.7. The average Bonchev–Trinajstić information content (AvgIpc) is 2.91. The van der Waals surface area contributed by atoms with E-state index in [1.165, 1.54) is 12.5 Å². The Morgan fingerprint density at radius 3 is 2.93 bits per heavy atom. The lowest BCUT2D eigenvalue weighted by molar-refractivity contribution is -0.122. The molecule has 0 spiro atoms. The molecule has 1 fully saturated rings. The van der Waals surface area contributed by atoms with E-state index in [9.17, 15) is 9.18 Å². The number of nitrogens with two attached hydrogens (primary N) is 1. The van der Waals surface area contributed by atoms with Crippen LogP contribution in [0.15, 0.2) is 18.2 Å². The van der Waals surface area contributed by atoms with Crippen LogP contribution in [0.5, 0.6) is 0 Å². The SMILES string of the molecule is CC1(N)CCCCC1C(=O)Nc1cc(-c2nnc3n2CCCCC3)ccc1F. The molecule has 1 amide bonds. The van der Waals surface area contributed by atoms with Crippen molar-refractivity contribution in [3.05, 3.63) is 29.8 Å². The highest BCUT2D eigenvalue weighted by Gasteiger charge is 2.38. The first kappa shape index (κ1) is 19.1. The molecule has 0 radical (unpaired) electrons. The van der Waals surface area contributed by atoms with Crippen LogP contribution in [0.2, 0.25) is 0 Å². The van der Waals surface area contributed by atoms with Gasteiger partial charge in [0.05, 0.1) is 11.6 Å². The second kappa shape index (κ2) is 7.62. The van der Waals surface area contributed by atoms with E-state index in [2.05, 4.69) is 20.1 Å². The lowest BCUT2D eigenvalue weighted by atomic mass is 9.74. The van der Waals surface area contributed by atoms with Crippen LogP contribution in [0.25, 0.3) is 11.4 Å². The molecule has 1 saturated carbocycles.